The summed E-state index contributed by atoms with van der Waals surface area (Å²) < 4.78 is 28.9. The Morgan fingerprint density at radius 3 is 2.65 bits per heavy atom. The lowest BCUT2D eigenvalue weighted by atomic mass is 9.95. The summed E-state index contributed by atoms with van der Waals surface area (Å²) in [5.41, 5.74) is 2.75. The quantitative estimate of drug-likeness (QED) is 0.928. The van der Waals surface area contributed by atoms with Crippen LogP contribution in [0.2, 0.25) is 0 Å². The number of oxazole rings is 1. The predicted molar refractivity (Wildman–Crippen MR) is 90.4 cm³/mol. The highest BCUT2D eigenvalue weighted by Crippen LogP contribution is 2.40. The molecule has 1 unspecified atom stereocenters. The van der Waals surface area contributed by atoms with Crippen LogP contribution in [-0.2, 0) is 9.84 Å². The molecule has 1 saturated carbocycles. The van der Waals surface area contributed by atoms with Gasteiger partial charge in [0.1, 0.15) is 15.4 Å². The predicted octanol–water partition coefficient (Wildman–Crippen LogP) is 3.33. The van der Waals surface area contributed by atoms with Crippen molar-refractivity contribution in [1.29, 1.82) is 0 Å². The van der Waals surface area contributed by atoms with Crippen LogP contribution < -0.4 is 5.32 Å². The van der Waals surface area contributed by atoms with Crippen molar-refractivity contribution in [2.75, 3.05) is 16.8 Å². The standard InChI is InChI=1S/C17H22N2O3S/c1-11(12-6-8-23(20,21)9-7-12)18-14-4-5-15-16(10-14)22-17(19-15)13-2-3-13/h4-5,10-13,18H,2-3,6-9H2,1H3. The lowest BCUT2D eigenvalue weighted by Crippen LogP contribution is -2.33. The minimum atomic E-state index is -2.80. The molecule has 23 heavy (non-hydrogen) atoms. The molecular weight excluding hydrogens is 312 g/mol. The topological polar surface area (TPSA) is 72.2 Å². The van der Waals surface area contributed by atoms with E-state index < -0.39 is 9.84 Å². The van der Waals surface area contributed by atoms with Gasteiger partial charge in [-0.2, -0.15) is 0 Å². The summed E-state index contributed by atoms with van der Waals surface area (Å²) in [5.74, 6) is 2.40. The fourth-order valence-electron chi connectivity index (χ4n) is 3.33. The molecule has 2 fully saturated rings. The van der Waals surface area contributed by atoms with Gasteiger partial charge in [-0.1, -0.05) is 0 Å². The molecule has 0 spiro atoms. The minimum absolute atomic E-state index is 0.244. The molecule has 5 nitrogen and oxygen atoms in total. The monoisotopic (exact) mass is 334 g/mol. The largest absolute Gasteiger partial charge is 0.440 e. The van der Waals surface area contributed by atoms with Gasteiger partial charge in [-0.25, -0.2) is 13.4 Å². The number of sulfone groups is 1. The van der Waals surface area contributed by atoms with Crippen molar-refractivity contribution in [2.45, 2.75) is 44.6 Å². The molecule has 0 bridgehead atoms. The van der Waals surface area contributed by atoms with Crippen molar-refractivity contribution in [3.63, 3.8) is 0 Å². The summed E-state index contributed by atoms with van der Waals surface area (Å²) in [4.78, 5) is 4.54. The van der Waals surface area contributed by atoms with Gasteiger partial charge >= 0.3 is 0 Å². The average molecular weight is 334 g/mol. The Morgan fingerprint density at radius 2 is 1.96 bits per heavy atom. The van der Waals surface area contributed by atoms with E-state index in [1.54, 1.807) is 0 Å². The Bertz CT molecular complexity index is 809. The van der Waals surface area contributed by atoms with Crippen molar-refractivity contribution < 1.29 is 12.8 Å². The van der Waals surface area contributed by atoms with E-state index in [-0.39, 0.29) is 6.04 Å². The number of hydrogen-bond acceptors (Lipinski definition) is 5. The summed E-state index contributed by atoms with van der Waals surface area (Å²) in [6, 6.07) is 6.27. The number of nitrogens with one attached hydrogen (secondary N) is 1. The Hall–Kier alpha value is -1.56. The third-order valence-corrected chi connectivity index (χ3v) is 6.75. The molecule has 1 aromatic heterocycles. The van der Waals surface area contributed by atoms with Crippen LogP contribution >= 0.6 is 0 Å². The highest BCUT2D eigenvalue weighted by Gasteiger charge is 2.29. The first-order valence-corrected chi connectivity index (χ1v) is 10.2. The number of nitrogens with zero attached hydrogens (tertiary/aromatic N) is 1. The highest BCUT2D eigenvalue weighted by molar-refractivity contribution is 7.91. The van der Waals surface area contributed by atoms with Gasteiger partial charge in [0.15, 0.2) is 11.5 Å². The minimum Gasteiger partial charge on any atom is -0.440 e. The first-order valence-electron chi connectivity index (χ1n) is 8.38. The molecule has 0 radical (unpaired) electrons. The van der Waals surface area contributed by atoms with E-state index in [2.05, 4.69) is 17.2 Å². The SMILES string of the molecule is CC(Nc1ccc2nc(C3CC3)oc2c1)C1CCS(=O)(=O)CC1. The van der Waals surface area contributed by atoms with Crippen LogP contribution in [-0.4, -0.2) is 30.9 Å². The number of rotatable bonds is 4. The lowest BCUT2D eigenvalue weighted by Gasteiger charge is -2.28. The van der Waals surface area contributed by atoms with Gasteiger partial charge in [-0.05, 0) is 50.7 Å². The molecule has 1 aliphatic carbocycles. The van der Waals surface area contributed by atoms with Gasteiger partial charge in [0.25, 0.3) is 0 Å². The van der Waals surface area contributed by atoms with Gasteiger partial charge in [0.2, 0.25) is 0 Å². The van der Waals surface area contributed by atoms with Gasteiger partial charge in [0.05, 0.1) is 11.5 Å². The molecule has 1 atom stereocenters. The molecule has 1 N–H and O–H groups in total. The van der Waals surface area contributed by atoms with E-state index in [0.29, 0.717) is 23.3 Å². The van der Waals surface area contributed by atoms with E-state index in [1.807, 2.05) is 18.2 Å². The molecular formula is C17H22N2O3S. The van der Waals surface area contributed by atoms with E-state index in [4.69, 9.17) is 4.42 Å². The fourth-order valence-corrected chi connectivity index (χ4v) is 4.85. The first kappa shape index (κ1) is 15.0. The summed E-state index contributed by atoms with van der Waals surface area (Å²) >= 11 is 0. The van der Waals surface area contributed by atoms with Crippen molar-refractivity contribution >= 4 is 26.6 Å². The van der Waals surface area contributed by atoms with E-state index in [0.717, 1.165) is 35.5 Å². The summed E-state index contributed by atoms with van der Waals surface area (Å²) in [6.45, 7) is 2.13. The zero-order valence-electron chi connectivity index (χ0n) is 13.3. The number of benzene rings is 1. The van der Waals surface area contributed by atoms with Gasteiger partial charge < -0.3 is 9.73 Å². The normalized spacial score (nSPS) is 23.0. The second-order valence-electron chi connectivity index (χ2n) is 6.93. The van der Waals surface area contributed by atoms with Gasteiger partial charge in [-0.15, -0.1) is 0 Å². The molecule has 1 saturated heterocycles. The van der Waals surface area contributed by atoms with Crippen LogP contribution in [0.4, 0.5) is 5.69 Å². The third kappa shape index (κ3) is 3.22. The second kappa shape index (κ2) is 5.51. The van der Waals surface area contributed by atoms with E-state index in [9.17, 15) is 8.42 Å². The van der Waals surface area contributed by atoms with Gasteiger partial charge in [0, 0.05) is 23.7 Å². The van der Waals surface area contributed by atoms with Crippen molar-refractivity contribution in [3.05, 3.63) is 24.1 Å². The lowest BCUT2D eigenvalue weighted by molar-refractivity contribution is 0.420. The number of anilines is 1. The second-order valence-corrected chi connectivity index (χ2v) is 9.23. The number of fused-ring (bicyclic) bond motifs is 1. The summed E-state index contributed by atoms with van der Waals surface area (Å²) in [5, 5.41) is 3.50. The number of aromatic nitrogens is 1. The zero-order chi connectivity index (χ0) is 16.0. The highest BCUT2D eigenvalue weighted by atomic mass is 32.2. The van der Waals surface area contributed by atoms with Crippen LogP contribution in [0.1, 0.15) is 44.4 Å². The summed E-state index contributed by atoms with van der Waals surface area (Å²) in [6.07, 6.45) is 3.85. The van der Waals surface area contributed by atoms with Crippen LogP contribution in [0.5, 0.6) is 0 Å². The maximum atomic E-state index is 11.5. The molecule has 2 aliphatic rings. The fraction of sp³-hybridized carbons (Fsp3) is 0.588. The van der Waals surface area contributed by atoms with Crippen LogP contribution in [0.3, 0.4) is 0 Å². The van der Waals surface area contributed by atoms with Crippen LogP contribution in [0.25, 0.3) is 11.1 Å². The Labute approximate surface area is 136 Å². The van der Waals surface area contributed by atoms with Crippen molar-refractivity contribution in [2.24, 2.45) is 5.92 Å². The molecule has 6 heteroatoms. The third-order valence-electron chi connectivity index (χ3n) is 5.03. The molecule has 2 heterocycles. The molecule has 0 amide bonds. The van der Waals surface area contributed by atoms with Crippen molar-refractivity contribution in [3.8, 4) is 0 Å². The maximum Gasteiger partial charge on any atom is 0.198 e. The molecule has 1 aromatic carbocycles. The molecule has 2 aromatic rings. The average Bonchev–Trinajstić information content (AvgIpc) is 3.27. The Morgan fingerprint density at radius 1 is 1.22 bits per heavy atom. The van der Waals surface area contributed by atoms with Gasteiger partial charge in [-0.3, -0.25) is 0 Å². The molecule has 4 rings (SSSR count). The summed E-state index contributed by atoms with van der Waals surface area (Å²) in [7, 11) is -2.80. The van der Waals surface area contributed by atoms with Crippen molar-refractivity contribution in [1.82, 2.24) is 4.98 Å². The van der Waals surface area contributed by atoms with Crippen LogP contribution in [0, 0.1) is 5.92 Å². The first-order chi connectivity index (χ1) is 11.0. The smallest absolute Gasteiger partial charge is 0.198 e. The van der Waals surface area contributed by atoms with Crippen LogP contribution in [0.15, 0.2) is 22.6 Å². The van der Waals surface area contributed by atoms with E-state index in [1.165, 1.54) is 12.8 Å². The van der Waals surface area contributed by atoms with E-state index >= 15 is 0 Å². The molecule has 1 aliphatic heterocycles. The Kier molecular flexibility index (Phi) is 3.59. The zero-order valence-corrected chi connectivity index (χ0v) is 14.1. The maximum absolute atomic E-state index is 11.5. The Balaban J connectivity index is 1.46. The number of hydrogen-bond donors (Lipinski definition) is 1. The molecule has 124 valence electrons.